The van der Waals surface area contributed by atoms with Crippen molar-refractivity contribution in [3.05, 3.63) is 82.0 Å². The molecule has 0 bridgehead atoms. The third-order valence-corrected chi connectivity index (χ3v) is 6.57. The van der Waals surface area contributed by atoms with Crippen molar-refractivity contribution in [3.8, 4) is 0 Å². The molecule has 0 N–H and O–H groups in total. The van der Waals surface area contributed by atoms with Crippen LogP contribution in [0.5, 0.6) is 0 Å². The van der Waals surface area contributed by atoms with Crippen LogP contribution in [0.25, 0.3) is 0 Å². The first-order valence-corrected chi connectivity index (χ1v) is 10.6. The SMILES string of the molecule is CC1=CC=C(C2=CC=CC3=CN(C4=C(C)C=C(C)CC4(C)C)C(C)N32)[C@H](C)C1. The van der Waals surface area contributed by atoms with Gasteiger partial charge in [0, 0.05) is 23.0 Å². The van der Waals surface area contributed by atoms with Crippen molar-refractivity contribution >= 4 is 0 Å². The highest BCUT2D eigenvalue weighted by Gasteiger charge is 2.40. The quantitative estimate of drug-likeness (QED) is 0.524. The standard InChI is InChI=1S/C26H34N2/c1-17-11-12-23(19(3)13-17)24-10-8-9-22-16-27(21(5)28(22)24)25-20(4)14-18(2)15-26(25,6)7/h8-12,14,16,19,21H,13,15H2,1-7H3/t19-,21?/m1/s1. The Balaban J connectivity index is 1.73. The summed E-state index contributed by atoms with van der Waals surface area (Å²) in [5.74, 6) is 0.558. The Bertz CT molecular complexity index is 914. The summed E-state index contributed by atoms with van der Waals surface area (Å²) in [5.41, 5.74) is 10.1. The van der Waals surface area contributed by atoms with Crippen LogP contribution in [0.4, 0.5) is 0 Å². The van der Waals surface area contributed by atoms with E-state index in [2.05, 4.69) is 101 Å². The molecule has 2 aliphatic carbocycles. The van der Waals surface area contributed by atoms with Crippen LogP contribution < -0.4 is 0 Å². The molecule has 148 valence electrons. The van der Waals surface area contributed by atoms with E-state index in [1.165, 1.54) is 39.4 Å². The van der Waals surface area contributed by atoms with Gasteiger partial charge in [-0.2, -0.15) is 0 Å². The van der Waals surface area contributed by atoms with Crippen molar-refractivity contribution in [1.82, 2.24) is 9.80 Å². The Morgan fingerprint density at radius 1 is 1.00 bits per heavy atom. The molecule has 0 spiro atoms. The number of fused-ring (bicyclic) bond motifs is 1. The van der Waals surface area contributed by atoms with Gasteiger partial charge in [0.15, 0.2) is 0 Å². The lowest BCUT2D eigenvalue weighted by molar-refractivity contribution is 0.190. The number of allylic oxidation sites excluding steroid dienone is 11. The van der Waals surface area contributed by atoms with Gasteiger partial charge in [-0.3, -0.25) is 0 Å². The highest BCUT2D eigenvalue weighted by atomic mass is 15.4. The molecule has 1 unspecified atom stereocenters. The fourth-order valence-corrected chi connectivity index (χ4v) is 5.67. The van der Waals surface area contributed by atoms with Crippen LogP contribution in [0.1, 0.15) is 61.3 Å². The van der Waals surface area contributed by atoms with E-state index < -0.39 is 0 Å². The zero-order chi connectivity index (χ0) is 20.2. The third kappa shape index (κ3) is 3.03. The van der Waals surface area contributed by atoms with E-state index in [1.54, 1.807) is 0 Å². The molecular weight excluding hydrogens is 340 g/mol. The maximum atomic E-state index is 2.53. The Hall–Kier alpha value is -2.22. The first-order chi connectivity index (χ1) is 13.2. The molecule has 0 aromatic heterocycles. The zero-order valence-electron chi connectivity index (χ0n) is 18.5. The Morgan fingerprint density at radius 3 is 2.43 bits per heavy atom. The van der Waals surface area contributed by atoms with E-state index >= 15 is 0 Å². The number of hydrogen-bond acceptors (Lipinski definition) is 2. The molecule has 0 fully saturated rings. The minimum atomic E-state index is 0.147. The normalized spacial score (nSPS) is 29.2. The molecule has 2 aliphatic heterocycles. The average Bonchev–Trinajstić information content (AvgIpc) is 2.90. The summed E-state index contributed by atoms with van der Waals surface area (Å²) in [6.45, 7) is 16.2. The number of rotatable bonds is 2. The Labute approximate surface area is 171 Å². The molecule has 28 heavy (non-hydrogen) atoms. The molecule has 0 saturated carbocycles. The summed E-state index contributed by atoms with van der Waals surface area (Å²) in [5, 5.41) is 0. The van der Waals surface area contributed by atoms with Gasteiger partial charge in [-0.15, -0.1) is 0 Å². The van der Waals surface area contributed by atoms with E-state index in [9.17, 15) is 0 Å². The molecule has 0 radical (unpaired) electrons. The lowest BCUT2D eigenvalue weighted by Crippen LogP contribution is -2.41. The second kappa shape index (κ2) is 6.69. The van der Waals surface area contributed by atoms with E-state index in [1.807, 2.05) is 0 Å². The van der Waals surface area contributed by atoms with Crippen LogP contribution in [0.15, 0.2) is 82.0 Å². The molecule has 4 aliphatic rings. The van der Waals surface area contributed by atoms with Crippen LogP contribution >= 0.6 is 0 Å². The highest BCUT2D eigenvalue weighted by molar-refractivity contribution is 5.49. The first-order valence-electron chi connectivity index (χ1n) is 10.6. The lowest BCUT2D eigenvalue weighted by Gasteiger charge is -2.43. The van der Waals surface area contributed by atoms with Gasteiger partial charge in [0.05, 0.1) is 5.70 Å². The Morgan fingerprint density at radius 2 is 1.75 bits per heavy atom. The monoisotopic (exact) mass is 374 g/mol. The maximum Gasteiger partial charge on any atom is 0.107 e. The van der Waals surface area contributed by atoms with Gasteiger partial charge in [-0.05, 0) is 69.8 Å². The summed E-state index contributed by atoms with van der Waals surface area (Å²) in [4.78, 5) is 5.05. The molecule has 0 aromatic carbocycles. The first kappa shape index (κ1) is 19.1. The molecule has 2 heteroatoms. The number of hydrogen-bond donors (Lipinski definition) is 0. The minimum Gasteiger partial charge on any atom is -0.328 e. The van der Waals surface area contributed by atoms with Crippen molar-refractivity contribution in [2.45, 2.75) is 67.5 Å². The molecule has 4 rings (SSSR count). The predicted octanol–water partition coefficient (Wildman–Crippen LogP) is 6.81. The van der Waals surface area contributed by atoms with E-state index in [-0.39, 0.29) is 11.6 Å². The summed E-state index contributed by atoms with van der Waals surface area (Å²) in [7, 11) is 0. The molecule has 2 heterocycles. The van der Waals surface area contributed by atoms with Gasteiger partial charge in [0.25, 0.3) is 0 Å². The van der Waals surface area contributed by atoms with Gasteiger partial charge >= 0.3 is 0 Å². The molecule has 2 atom stereocenters. The maximum absolute atomic E-state index is 2.53. The van der Waals surface area contributed by atoms with Gasteiger partial charge in [0.1, 0.15) is 6.17 Å². The van der Waals surface area contributed by atoms with Crippen molar-refractivity contribution < 1.29 is 0 Å². The fraction of sp³-hybridized carbons (Fsp3) is 0.462. The van der Waals surface area contributed by atoms with Gasteiger partial charge < -0.3 is 9.80 Å². The smallest absolute Gasteiger partial charge is 0.107 e. The van der Waals surface area contributed by atoms with Gasteiger partial charge in [0.2, 0.25) is 0 Å². The fourth-order valence-electron chi connectivity index (χ4n) is 5.67. The second-order valence-corrected chi connectivity index (χ2v) is 9.70. The largest absolute Gasteiger partial charge is 0.328 e. The van der Waals surface area contributed by atoms with Gasteiger partial charge in [-0.1, -0.05) is 56.2 Å². The van der Waals surface area contributed by atoms with Crippen LogP contribution in [-0.2, 0) is 0 Å². The van der Waals surface area contributed by atoms with E-state index in [0.29, 0.717) is 5.92 Å². The van der Waals surface area contributed by atoms with Crippen molar-refractivity contribution in [1.29, 1.82) is 0 Å². The van der Waals surface area contributed by atoms with Crippen molar-refractivity contribution in [3.63, 3.8) is 0 Å². The topological polar surface area (TPSA) is 6.48 Å². The van der Waals surface area contributed by atoms with Crippen LogP contribution in [0, 0.1) is 11.3 Å². The number of nitrogens with zero attached hydrogens (tertiary/aromatic N) is 2. The molecular formula is C26H34N2. The van der Waals surface area contributed by atoms with Crippen molar-refractivity contribution in [2.24, 2.45) is 11.3 Å². The van der Waals surface area contributed by atoms with Gasteiger partial charge in [-0.25, -0.2) is 0 Å². The zero-order valence-corrected chi connectivity index (χ0v) is 18.5. The summed E-state index contributed by atoms with van der Waals surface area (Å²) >= 11 is 0. The minimum absolute atomic E-state index is 0.147. The molecule has 2 nitrogen and oxygen atoms in total. The van der Waals surface area contributed by atoms with Crippen molar-refractivity contribution in [2.75, 3.05) is 0 Å². The molecule has 0 aromatic rings. The molecule has 0 saturated heterocycles. The average molecular weight is 375 g/mol. The van der Waals surface area contributed by atoms with Crippen LogP contribution in [-0.4, -0.2) is 16.0 Å². The molecule has 0 amide bonds. The highest BCUT2D eigenvalue weighted by Crippen LogP contribution is 2.47. The van der Waals surface area contributed by atoms with E-state index in [4.69, 9.17) is 0 Å². The Kier molecular flexibility index (Phi) is 4.56. The predicted molar refractivity (Wildman–Crippen MR) is 119 cm³/mol. The van der Waals surface area contributed by atoms with E-state index in [0.717, 1.165) is 12.8 Å². The second-order valence-electron chi connectivity index (χ2n) is 9.70. The summed E-state index contributed by atoms with van der Waals surface area (Å²) < 4.78 is 0. The lowest BCUT2D eigenvalue weighted by atomic mass is 9.76. The third-order valence-electron chi connectivity index (χ3n) is 6.57. The van der Waals surface area contributed by atoms with Crippen LogP contribution in [0.2, 0.25) is 0 Å². The van der Waals surface area contributed by atoms with Crippen LogP contribution in [0.3, 0.4) is 0 Å². The summed E-state index contributed by atoms with van der Waals surface area (Å²) in [6, 6.07) is 0. The summed E-state index contributed by atoms with van der Waals surface area (Å²) in [6.07, 6.45) is 18.7.